The van der Waals surface area contributed by atoms with E-state index >= 15 is 0 Å². The highest BCUT2D eigenvalue weighted by molar-refractivity contribution is 7.09. The van der Waals surface area contributed by atoms with Gasteiger partial charge >= 0.3 is 0 Å². The van der Waals surface area contributed by atoms with Gasteiger partial charge in [0.15, 0.2) is 0 Å². The van der Waals surface area contributed by atoms with Gasteiger partial charge < -0.3 is 10.4 Å². The van der Waals surface area contributed by atoms with Crippen molar-refractivity contribution >= 4 is 28.8 Å². The predicted octanol–water partition coefficient (Wildman–Crippen LogP) is 3.32. The van der Waals surface area contributed by atoms with Crippen LogP contribution < -0.4 is 5.32 Å². The van der Waals surface area contributed by atoms with E-state index < -0.39 is 11.9 Å². The van der Waals surface area contributed by atoms with Crippen LogP contribution in [0.3, 0.4) is 0 Å². The maximum Gasteiger partial charge on any atom is 0.220 e. The molecule has 0 saturated heterocycles. The molecule has 0 fully saturated rings. The normalized spacial score (nSPS) is 12.1. The summed E-state index contributed by atoms with van der Waals surface area (Å²) in [5.41, 5.74) is 0.385. The maximum absolute atomic E-state index is 13.3. The van der Waals surface area contributed by atoms with Gasteiger partial charge in [-0.3, -0.25) is 4.79 Å². The van der Waals surface area contributed by atoms with E-state index in [1.807, 2.05) is 17.5 Å². The van der Waals surface area contributed by atoms with Crippen molar-refractivity contribution in [1.29, 1.82) is 0 Å². The molecule has 1 aromatic carbocycles. The molecule has 21 heavy (non-hydrogen) atoms. The Bertz CT molecular complexity index is 604. The van der Waals surface area contributed by atoms with E-state index in [0.29, 0.717) is 18.4 Å². The van der Waals surface area contributed by atoms with E-state index in [1.54, 1.807) is 11.3 Å². The van der Waals surface area contributed by atoms with Crippen molar-refractivity contribution in [1.82, 2.24) is 5.32 Å². The number of nitrogens with one attached hydrogen (secondary N) is 1. The van der Waals surface area contributed by atoms with Crippen molar-refractivity contribution in [2.24, 2.45) is 0 Å². The van der Waals surface area contributed by atoms with Crippen LogP contribution in [0.4, 0.5) is 4.39 Å². The summed E-state index contributed by atoms with van der Waals surface area (Å²) in [6.07, 6.45) is 0.0830. The maximum atomic E-state index is 13.3. The molecule has 0 aliphatic heterocycles. The zero-order valence-electron chi connectivity index (χ0n) is 11.2. The van der Waals surface area contributed by atoms with E-state index in [0.717, 1.165) is 4.88 Å². The first-order chi connectivity index (χ1) is 10.1. The number of hydrogen-bond acceptors (Lipinski definition) is 3. The van der Waals surface area contributed by atoms with Crippen molar-refractivity contribution in [3.63, 3.8) is 0 Å². The highest BCUT2D eigenvalue weighted by Crippen LogP contribution is 2.20. The Labute approximate surface area is 131 Å². The Morgan fingerprint density at radius 1 is 1.43 bits per heavy atom. The van der Waals surface area contributed by atoms with Crippen molar-refractivity contribution in [2.45, 2.75) is 18.9 Å². The minimum absolute atomic E-state index is 0.00549. The van der Waals surface area contributed by atoms with E-state index in [9.17, 15) is 14.3 Å². The third-order valence-electron chi connectivity index (χ3n) is 3.00. The molecule has 0 radical (unpaired) electrons. The molecule has 2 rings (SSSR count). The number of benzene rings is 1. The van der Waals surface area contributed by atoms with Crippen LogP contribution in [-0.4, -0.2) is 17.6 Å². The first-order valence-corrected chi connectivity index (χ1v) is 7.74. The van der Waals surface area contributed by atoms with Crippen molar-refractivity contribution < 1.29 is 14.3 Å². The second kappa shape index (κ2) is 7.54. The van der Waals surface area contributed by atoms with E-state index in [2.05, 4.69) is 5.32 Å². The van der Waals surface area contributed by atoms with Crippen LogP contribution in [0.15, 0.2) is 35.7 Å². The summed E-state index contributed by atoms with van der Waals surface area (Å²) in [5.74, 6) is -0.728. The number of aliphatic hydroxyl groups excluding tert-OH is 1. The number of halogens is 2. The fraction of sp³-hybridized carbons (Fsp3) is 0.267. The topological polar surface area (TPSA) is 49.3 Å². The van der Waals surface area contributed by atoms with Crippen LogP contribution in [0.2, 0.25) is 5.02 Å². The molecule has 1 amide bonds. The molecule has 2 N–H and O–H groups in total. The average Bonchev–Trinajstić information content (AvgIpc) is 2.98. The minimum Gasteiger partial charge on any atom is -0.387 e. The molecule has 0 spiro atoms. The molecule has 0 aliphatic carbocycles. The zero-order valence-corrected chi connectivity index (χ0v) is 12.8. The fourth-order valence-corrected chi connectivity index (χ4v) is 2.65. The zero-order chi connectivity index (χ0) is 15.2. The fourth-order valence-electron chi connectivity index (χ4n) is 1.83. The quantitative estimate of drug-likeness (QED) is 0.855. The minimum atomic E-state index is -0.956. The van der Waals surface area contributed by atoms with E-state index in [4.69, 9.17) is 11.6 Å². The number of rotatable bonds is 6. The van der Waals surface area contributed by atoms with Gasteiger partial charge in [0, 0.05) is 17.8 Å². The van der Waals surface area contributed by atoms with Gasteiger partial charge in [-0.15, -0.1) is 11.3 Å². The van der Waals surface area contributed by atoms with Gasteiger partial charge in [0.05, 0.1) is 11.1 Å². The predicted molar refractivity (Wildman–Crippen MR) is 82.0 cm³/mol. The molecule has 1 aromatic heterocycles. The van der Waals surface area contributed by atoms with Crippen molar-refractivity contribution in [2.75, 3.05) is 6.54 Å². The van der Waals surface area contributed by atoms with Crippen molar-refractivity contribution in [3.8, 4) is 0 Å². The molecule has 1 unspecified atom stereocenters. The Morgan fingerprint density at radius 2 is 2.24 bits per heavy atom. The largest absolute Gasteiger partial charge is 0.387 e. The van der Waals surface area contributed by atoms with Crippen LogP contribution in [0.25, 0.3) is 0 Å². The summed E-state index contributed by atoms with van der Waals surface area (Å²) in [5, 5.41) is 14.5. The number of thiophene rings is 1. The molecular weight excluding hydrogens is 313 g/mol. The lowest BCUT2D eigenvalue weighted by Crippen LogP contribution is -2.28. The highest BCUT2D eigenvalue weighted by Gasteiger charge is 2.12. The summed E-state index contributed by atoms with van der Waals surface area (Å²) in [4.78, 5) is 12.8. The van der Waals surface area contributed by atoms with Gasteiger partial charge in [0.2, 0.25) is 5.91 Å². The molecular formula is C15H15ClFNO2S. The monoisotopic (exact) mass is 327 g/mol. The molecule has 1 atom stereocenters. The number of amides is 1. The Morgan fingerprint density at radius 3 is 2.90 bits per heavy atom. The van der Waals surface area contributed by atoms with Crippen LogP contribution in [-0.2, 0) is 11.2 Å². The first kappa shape index (κ1) is 15.9. The number of hydrogen-bond donors (Lipinski definition) is 2. The lowest BCUT2D eigenvalue weighted by Gasteiger charge is -2.12. The van der Waals surface area contributed by atoms with Gasteiger partial charge in [0.1, 0.15) is 5.82 Å². The molecule has 0 saturated carbocycles. The smallest absolute Gasteiger partial charge is 0.220 e. The van der Waals surface area contributed by atoms with E-state index in [1.165, 1.54) is 18.2 Å². The van der Waals surface area contributed by atoms with E-state index in [-0.39, 0.29) is 17.5 Å². The number of carbonyl (C=O) groups excluding carboxylic acids is 1. The van der Waals surface area contributed by atoms with Gasteiger partial charge in [-0.05, 0) is 35.6 Å². The highest BCUT2D eigenvalue weighted by atomic mass is 35.5. The Balaban J connectivity index is 1.78. The Hall–Kier alpha value is -1.43. The van der Waals surface area contributed by atoms with Gasteiger partial charge in [-0.25, -0.2) is 4.39 Å². The molecule has 0 aliphatic rings. The third-order valence-corrected chi connectivity index (χ3v) is 4.24. The molecule has 112 valence electrons. The van der Waals surface area contributed by atoms with Crippen LogP contribution >= 0.6 is 22.9 Å². The second-order valence-electron chi connectivity index (χ2n) is 4.57. The van der Waals surface area contributed by atoms with Gasteiger partial charge in [0.25, 0.3) is 0 Å². The number of aliphatic hydroxyl groups is 1. The van der Waals surface area contributed by atoms with Crippen LogP contribution in [0.5, 0.6) is 0 Å². The summed E-state index contributed by atoms with van der Waals surface area (Å²) >= 11 is 7.18. The van der Waals surface area contributed by atoms with Gasteiger partial charge in [-0.2, -0.15) is 0 Å². The van der Waals surface area contributed by atoms with Crippen LogP contribution in [0, 0.1) is 5.82 Å². The van der Waals surface area contributed by atoms with Crippen molar-refractivity contribution in [3.05, 3.63) is 57.0 Å². The SMILES string of the molecule is O=C(CCc1cccs1)NCC(O)c1ccc(Cl)c(F)c1. The van der Waals surface area contributed by atoms with Gasteiger partial charge in [-0.1, -0.05) is 23.7 Å². The molecule has 6 heteroatoms. The second-order valence-corrected chi connectivity index (χ2v) is 6.01. The third kappa shape index (κ3) is 4.81. The molecule has 3 nitrogen and oxygen atoms in total. The lowest BCUT2D eigenvalue weighted by molar-refractivity contribution is -0.121. The van der Waals surface area contributed by atoms with Crippen LogP contribution in [0.1, 0.15) is 23.0 Å². The summed E-state index contributed by atoms with van der Waals surface area (Å²) in [6, 6.07) is 8.01. The lowest BCUT2D eigenvalue weighted by atomic mass is 10.1. The number of aryl methyl sites for hydroxylation is 1. The molecule has 1 heterocycles. The molecule has 0 bridgehead atoms. The first-order valence-electron chi connectivity index (χ1n) is 6.48. The Kier molecular flexibility index (Phi) is 5.73. The summed E-state index contributed by atoms with van der Waals surface area (Å²) in [7, 11) is 0. The average molecular weight is 328 g/mol. The summed E-state index contributed by atoms with van der Waals surface area (Å²) < 4.78 is 13.3. The molecule has 2 aromatic rings. The number of carbonyl (C=O) groups is 1. The standard InChI is InChI=1S/C15H15ClFNO2S/c16-12-5-3-10(8-13(12)17)14(19)9-18-15(20)6-4-11-2-1-7-21-11/h1-3,5,7-8,14,19H,4,6,9H2,(H,18,20). The summed E-state index contributed by atoms with van der Waals surface area (Å²) in [6.45, 7) is 0.0460.